The molecule has 174 valence electrons. The first-order valence-electron chi connectivity index (χ1n) is 11.2. The van der Waals surface area contributed by atoms with Crippen LogP contribution in [-0.2, 0) is 17.7 Å². The summed E-state index contributed by atoms with van der Waals surface area (Å²) in [6, 6.07) is 19.4. The van der Waals surface area contributed by atoms with Crippen LogP contribution in [0.5, 0.6) is 5.75 Å². The molecule has 7 heteroatoms. The largest absolute Gasteiger partial charge is 0.497 e. The van der Waals surface area contributed by atoms with Crippen molar-refractivity contribution in [1.82, 2.24) is 15.1 Å². The second-order valence-electron chi connectivity index (χ2n) is 8.27. The highest BCUT2D eigenvalue weighted by molar-refractivity contribution is 14.0. The maximum Gasteiger partial charge on any atom is 0.193 e. The Morgan fingerprint density at radius 2 is 1.94 bits per heavy atom. The smallest absolute Gasteiger partial charge is 0.193 e. The lowest BCUT2D eigenvalue weighted by atomic mass is 10.1. The fraction of sp³-hybridized carbons (Fsp3) is 0.480. The Bertz CT molecular complexity index is 864. The van der Waals surface area contributed by atoms with Crippen LogP contribution in [0.2, 0.25) is 0 Å². The number of aryl methyl sites for hydroxylation is 1. The van der Waals surface area contributed by atoms with Crippen molar-refractivity contribution in [3.63, 3.8) is 0 Å². The van der Waals surface area contributed by atoms with Crippen LogP contribution in [0, 0.1) is 0 Å². The van der Waals surface area contributed by atoms with E-state index in [1.165, 1.54) is 11.1 Å². The lowest BCUT2D eigenvalue weighted by molar-refractivity contribution is -0.0502. The Kier molecular flexibility index (Phi) is 9.62. The van der Waals surface area contributed by atoms with Gasteiger partial charge in [-0.2, -0.15) is 0 Å². The van der Waals surface area contributed by atoms with E-state index in [2.05, 4.69) is 62.6 Å². The standard InChI is InChI=1S/C25H34N4O2.HI/c1-26-25(27-13-7-11-20-10-6-12-22(16-20)30-2)29-18-23-24(19-29)31-15-14-28(23)17-21-8-4-3-5-9-21;/h3-6,8-10,12,16,23-24H,7,11,13-15,17-19H2,1-2H3,(H,26,27);1H. The van der Waals surface area contributed by atoms with Gasteiger partial charge in [-0.25, -0.2) is 0 Å². The minimum Gasteiger partial charge on any atom is -0.497 e. The molecule has 1 N–H and O–H groups in total. The van der Waals surface area contributed by atoms with E-state index in [1.807, 2.05) is 19.2 Å². The van der Waals surface area contributed by atoms with Gasteiger partial charge in [-0.1, -0.05) is 42.5 Å². The van der Waals surface area contributed by atoms with Gasteiger partial charge in [0, 0.05) is 39.8 Å². The highest BCUT2D eigenvalue weighted by Gasteiger charge is 2.41. The summed E-state index contributed by atoms with van der Waals surface area (Å²) in [5, 5.41) is 3.56. The van der Waals surface area contributed by atoms with Gasteiger partial charge in [-0.05, 0) is 36.1 Å². The number of aliphatic imine (C=N–C) groups is 1. The van der Waals surface area contributed by atoms with E-state index in [-0.39, 0.29) is 30.1 Å². The van der Waals surface area contributed by atoms with Gasteiger partial charge in [0.25, 0.3) is 0 Å². The molecule has 2 unspecified atom stereocenters. The maximum atomic E-state index is 6.12. The lowest BCUT2D eigenvalue weighted by Crippen LogP contribution is -2.50. The van der Waals surface area contributed by atoms with Gasteiger partial charge in [-0.3, -0.25) is 9.89 Å². The topological polar surface area (TPSA) is 49.3 Å². The van der Waals surface area contributed by atoms with Crippen LogP contribution < -0.4 is 10.1 Å². The molecule has 6 nitrogen and oxygen atoms in total. The van der Waals surface area contributed by atoms with Crippen LogP contribution in [0.3, 0.4) is 0 Å². The predicted octanol–water partition coefficient (Wildman–Crippen LogP) is 3.41. The number of hydrogen-bond acceptors (Lipinski definition) is 4. The monoisotopic (exact) mass is 550 g/mol. The average molecular weight is 550 g/mol. The Balaban J connectivity index is 0.00000289. The summed E-state index contributed by atoms with van der Waals surface area (Å²) in [5.41, 5.74) is 2.66. The molecule has 32 heavy (non-hydrogen) atoms. The van der Waals surface area contributed by atoms with Crippen molar-refractivity contribution >= 4 is 29.9 Å². The molecule has 0 spiro atoms. The quantitative estimate of drug-likeness (QED) is 0.248. The summed E-state index contributed by atoms with van der Waals surface area (Å²) in [4.78, 5) is 9.47. The number of benzene rings is 2. The molecule has 0 aromatic heterocycles. The Morgan fingerprint density at radius 1 is 1.12 bits per heavy atom. The summed E-state index contributed by atoms with van der Waals surface area (Å²) < 4.78 is 11.4. The van der Waals surface area contributed by atoms with Gasteiger partial charge >= 0.3 is 0 Å². The van der Waals surface area contributed by atoms with E-state index in [4.69, 9.17) is 9.47 Å². The Morgan fingerprint density at radius 3 is 2.72 bits per heavy atom. The van der Waals surface area contributed by atoms with Crippen molar-refractivity contribution < 1.29 is 9.47 Å². The third-order valence-corrected chi connectivity index (χ3v) is 6.22. The van der Waals surface area contributed by atoms with Crippen molar-refractivity contribution in [1.29, 1.82) is 0 Å². The molecule has 2 aliphatic heterocycles. The molecule has 2 aliphatic rings. The fourth-order valence-electron chi connectivity index (χ4n) is 4.60. The molecule has 2 atom stereocenters. The van der Waals surface area contributed by atoms with Crippen LogP contribution in [0.25, 0.3) is 0 Å². The van der Waals surface area contributed by atoms with E-state index in [0.29, 0.717) is 6.04 Å². The summed E-state index contributed by atoms with van der Waals surface area (Å²) in [5.74, 6) is 1.89. The average Bonchev–Trinajstić information content (AvgIpc) is 3.25. The molecule has 0 bridgehead atoms. The van der Waals surface area contributed by atoms with Gasteiger partial charge in [-0.15, -0.1) is 24.0 Å². The molecule has 2 fully saturated rings. The van der Waals surface area contributed by atoms with Crippen molar-refractivity contribution in [2.45, 2.75) is 31.5 Å². The van der Waals surface area contributed by atoms with Crippen LogP contribution in [0.4, 0.5) is 0 Å². The normalized spacial score (nSPS) is 21.1. The first-order valence-corrected chi connectivity index (χ1v) is 11.2. The summed E-state index contributed by atoms with van der Waals surface area (Å²) in [6.45, 7) is 5.50. The van der Waals surface area contributed by atoms with Crippen LogP contribution in [-0.4, -0.2) is 74.8 Å². The Hall–Kier alpha value is -1.84. The molecule has 0 radical (unpaired) electrons. The number of nitrogens with one attached hydrogen (secondary N) is 1. The maximum absolute atomic E-state index is 6.12. The number of likely N-dealkylation sites (tertiary alicyclic amines) is 1. The molecule has 2 heterocycles. The molecular formula is C25H35IN4O2. The van der Waals surface area contributed by atoms with E-state index in [0.717, 1.165) is 63.9 Å². The van der Waals surface area contributed by atoms with Gasteiger partial charge in [0.2, 0.25) is 0 Å². The van der Waals surface area contributed by atoms with E-state index >= 15 is 0 Å². The van der Waals surface area contributed by atoms with Crippen molar-refractivity contribution in [3.05, 3.63) is 65.7 Å². The highest BCUT2D eigenvalue weighted by Crippen LogP contribution is 2.24. The number of nitrogens with zero attached hydrogens (tertiary/aromatic N) is 3. The van der Waals surface area contributed by atoms with Gasteiger partial charge in [0.15, 0.2) is 5.96 Å². The first-order chi connectivity index (χ1) is 15.3. The number of morpholine rings is 1. The molecule has 0 aliphatic carbocycles. The zero-order valence-corrected chi connectivity index (χ0v) is 21.4. The Labute approximate surface area is 209 Å². The van der Waals surface area contributed by atoms with Crippen LogP contribution in [0.15, 0.2) is 59.6 Å². The number of halogens is 1. The zero-order chi connectivity index (χ0) is 21.5. The van der Waals surface area contributed by atoms with E-state index in [9.17, 15) is 0 Å². The number of hydrogen-bond donors (Lipinski definition) is 1. The third-order valence-electron chi connectivity index (χ3n) is 6.22. The second-order valence-corrected chi connectivity index (χ2v) is 8.27. The summed E-state index contributed by atoms with van der Waals surface area (Å²) in [7, 11) is 3.58. The van der Waals surface area contributed by atoms with Gasteiger partial charge in [0.05, 0.1) is 25.9 Å². The van der Waals surface area contributed by atoms with Crippen LogP contribution >= 0.6 is 24.0 Å². The summed E-state index contributed by atoms with van der Waals surface area (Å²) >= 11 is 0. The zero-order valence-electron chi connectivity index (χ0n) is 19.1. The minimum atomic E-state index is 0. The van der Waals surface area contributed by atoms with Gasteiger partial charge < -0.3 is 19.7 Å². The number of methoxy groups -OCH3 is 1. The van der Waals surface area contributed by atoms with E-state index in [1.54, 1.807) is 7.11 Å². The molecule has 0 amide bonds. The number of fused-ring (bicyclic) bond motifs is 1. The minimum absolute atomic E-state index is 0. The van der Waals surface area contributed by atoms with Crippen molar-refractivity contribution in [3.8, 4) is 5.75 Å². The fourth-order valence-corrected chi connectivity index (χ4v) is 4.60. The molecule has 2 aromatic carbocycles. The molecular weight excluding hydrogens is 515 g/mol. The van der Waals surface area contributed by atoms with Crippen molar-refractivity contribution in [2.75, 3.05) is 46.9 Å². The highest BCUT2D eigenvalue weighted by atomic mass is 127. The van der Waals surface area contributed by atoms with Gasteiger partial charge in [0.1, 0.15) is 5.75 Å². The molecule has 2 saturated heterocycles. The third kappa shape index (κ3) is 6.36. The molecule has 4 rings (SSSR count). The summed E-state index contributed by atoms with van der Waals surface area (Å²) in [6.07, 6.45) is 2.30. The second kappa shape index (κ2) is 12.4. The lowest BCUT2D eigenvalue weighted by Gasteiger charge is -2.36. The number of rotatable bonds is 7. The molecule has 2 aromatic rings. The number of guanidine groups is 1. The van der Waals surface area contributed by atoms with Crippen molar-refractivity contribution in [2.24, 2.45) is 4.99 Å². The van der Waals surface area contributed by atoms with E-state index < -0.39 is 0 Å². The number of ether oxygens (including phenoxy) is 2. The SMILES string of the molecule is CN=C(NCCCc1cccc(OC)c1)N1CC2OCCN(Cc3ccccc3)C2C1.I. The first kappa shape index (κ1) is 24.8. The van der Waals surface area contributed by atoms with Crippen LogP contribution in [0.1, 0.15) is 17.5 Å². The molecule has 0 saturated carbocycles. The predicted molar refractivity (Wildman–Crippen MR) is 140 cm³/mol.